The van der Waals surface area contributed by atoms with Gasteiger partial charge in [-0.3, -0.25) is 4.99 Å². The standard InChI is InChI=1S/C16H23F2N3O/c1-16(2)8-9-21(11-16)15(19-3)20-10-12-6-4-5-7-13(12)22-14(17)18/h4-7,14H,8-11H2,1-3H3,(H,19,20). The Labute approximate surface area is 130 Å². The van der Waals surface area contributed by atoms with Crippen LogP contribution in [0.15, 0.2) is 29.3 Å². The number of aliphatic imine (C=N–C) groups is 1. The number of halogens is 2. The summed E-state index contributed by atoms with van der Waals surface area (Å²) in [6, 6.07) is 6.80. The van der Waals surface area contributed by atoms with Gasteiger partial charge < -0.3 is 15.0 Å². The summed E-state index contributed by atoms with van der Waals surface area (Å²) < 4.78 is 29.4. The molecule has 6 heteroatoms. The van der Waals surface area contributed by atoms with Gasteiger partial charge in [-0.15, -0.1) is 0 Å². The average molecular weight is 311 g/mol. The fourth-order valence-electron chi connectivity index (χ4n) is 2.66. The predicted molar refractivity (Wildman–Crippen MR) is 83.2 cm³/mol. The first-order chi connectivity index (χ1) is 10.4. The maximum absolute atomic E-state index is 12.4. The minimum Gasteiger partial charge on any atom is -0.434 e. The summed E-state index contributed by atoms with van der Waals surface area (Å²) in [5, 5.41) is 3.23. The lowest BCUT2D eigenvalue weighted by Gasteiger charge is -2.24. The number of ether oxygens (including phenoxy) is 1. The van der Waals surface area contributed by atoms with Crippen LogP contribution in [0.2, 0.25) is 0 Å². The number of guanidine groups is 1. The molecule has 0 aliphatic carbocycles. The van der Waals surface area contributed by atoms with Crippen molar-refractivity contribution < 1.29 is 13.5 Å². The zero-order valence-electron chi connectivity index (χ0n) is 13.3. The lowest BCUT2D eigenvalue weighted by Crippen LogP contribution is -2.40. The third-order valence-corrected chi connectivity index (χ3v) is 3.81. The van der Waals surface area contributed by atoms with E-state index in [4.69, 9.17) is 0 Å². The van der Waals surface area contributed by atoms with Crippen LogP contribution in [0.5, 0.6) is 5.75 Å². The van der Waals surface area contributed by atoms with Gasteiger partial charge in [-0.05, 0) is 17.9 Å². The molecule has 1 aliphatic rings. The Bertz CT molecular complexity index is 532. The summed E-state index contributed by atoms with van der Waals surface area (Å²) in [5.74, 6) is 0.986. The highest BCUT2D eigenvalue weighted by Gasteiger charge is 2.30. The number of alkyl halides is 2. The fourth-order valence-corrected chi connectivity index (χ4v) is 2.66. The molecule has 0 bridgehead atoms. The van der Waals surface area contributed by atoms with E-state index in [1.165, 1.54) is 0 Å². The Balaban J connectivity index is 2.00. The van der Waals surface area contributed by atoms with Crippen molar-refractivity contribution in [1.82, 2.24) is 10.2 Å². The van der Waals surface area contributed by atoms with Crippen LogP contribution in [0.25, 0.3) is 0 Å². The van der Waals surface area contributed by atoms with Crippen molar-refractivity contribution in [2.45, 2.75) is 33.4 Å². The van der Waals surface area contributed by atoms with Crippen molar-refractivity contribution in [3.63, 3.8) is 0 Å². The summed E-state index contributed by atoms with van der Waals surface area (Å²) in [6.45, 7) is 3.91. The highest BCUT2D eigenvalue weighted by Crippen LogP contribution is 2.28. The lowest BCUT2D eigenvalue weighted by molar-refractivity contribution is -0.0504. The van der Waals surface area contributed by atoms with Gasteiger partial charge in [0.2, 0.25) is 0 Å². The molecule has 0 atom stereocenters. The van der Waals surface area contributed by atoms with Crippen molar-refractivity contribution in [2.75, 3.05) is 20.1 Å². The van der Waals surface area contributed by atoms with E-state index in [0.29, 0.717) is 12.1 Å². The molecule has 1 saturated heterocycles. The van der Waals surface area contributed by atoms with Gasteiger partial charge in [-0.1, -0.05) is 32.0 Å². The molecular weight excluding hydrogens is 288 g/mol. The van der Waals surface area contributed by atoms with E-state index in [1.807, 2.05) is 0 Å². The van der Waals surface area contributed by atoms with E-state index >= 15 is 0 Å². The topological polar surface area (TPSA) is 36.9 Å². The van der Waals surface area contributed by atoms with Gasteiger partial charge in [0.05, 0.1) is 0 Å². The summed E-state index contributed by atoms with van der Waals surface area (Å²) >= 11 is 0. The Hall–Kier alpha value is -1.85. The lowest BCUT2D eigenvalue weighted by atomic mass is 9.93. The normalized spacial score (nSPS) is 17.9. The largest absolute Gasteiger partial charge is 0.434 e. The van der Waals surface area contributed by atoms with Gasteiger partial charge in [0.1, 0.15) is 5.75 Å². The number of rotatable bonds is 4. The van der Waals surface area contributed by atoms with Gasteiger partial charge in [0.15, 0.2) is 5.96 Å². The number of hydrogen-bond donors (Lipinski definition) is 1. The van der Waals surface area contributed by atoms with Gasteiger partial charge >= 0.3 is 6.61 Å². The molecule has 1 aliphatic heterocycles. The third kappa shape index (κ3) is 4.32. The first kappa shape index (κ1) is 16.5. The monoisotopic (exact) mass is 311 g/mol. The molecule has 122 valence electrons. The Morgan fingerprint density at radius 3 is 2.73 bits per heavy atom. The maximum Gasteiger partial charge on any atom is 0.387 e. The summed E-state index contributed by atoms with van der Waals surface area (Å²) in [5.41, 5.74) is 0.955. The van der Waals surface area contributed by atoms with Crippen molar-refractivity contribution in [3.05, 3.63) is 29.8 Å². The van der Waals surface area contributed by atoms with Crippen LogP contribution in [0.3, 0.4) is 0 Å². The van der Waals surface area contributed by atoms with Crippen molar-refractivity contribution in [1.29, 1.82) is 0 Å². The second-order valence-electron chi connectivity index (χ2n) is 6.22. The number of benzene rings is 1. The van der Waals surface area contributed by atoms with Crippen LogP contribution in [0.4, 0.5) is 8.78 Å². The fraction of sp³-hybridized carbons (Fsp3) is 0.562. The van der Waals surface area contributed by atoms with Gasteiger partial charge in [-0.25, -0.2) is 0 Å². The molecule has 1 aromatic rings. The number of nitrogens with one attached hydrogen (secondary N) is 1. The molecule has 1 N–H and O–H groups in total. The van der Waals surface area contributed by atoms with Crippen LogP contribution in [-0.4, -0.2) is 37.6 Å². The second-order valence-corrected chi connectivity index (χ2v) is 6.22. The Morgan fingerprint density at radius 1 is 1.41 bits per heavy atom. The van der Waals surface area contributed by atoms with E-state index in [2.05, 4.69) is 33.8 Å². The van der Waals surface area contributed by atoms with Crippen LogP contribution < -0.4 is 10.1 Å². The van der Waals surface area contributed by atoms with Crippen LogP contribution in [-0.2, 0) is 6.54 Å². The highest BCUT2D eigenvalue weighted by molar-refractivity contribution is 5.80. The second kappa shape index (κ2) is 6.94. The smallest absolute Gasteiger partial charge is 0.387 e. The molecule has 1 aromatic carbocycles. The minimum absolute atomic E-state index is 0.196. The average Bonchev–Trinajstić information content (AvgIpc) is 2.81. The molecule has 0 saturated carbocycles. The molecule has 4 nitrogen and oxygen atoms in total. The molecule has 2 rings (SSSR count). The Kier molecular flexibility index (Phi) is 5.21. The molecule has 22 heavy (non-hydrogen) atoms. The van der Waals surface area contributed by atoms with E-state index in [1.54, 1.807) is 31.3 Å². The van der Waals surface area contributed by atoms with Gasteiger partial charge in [0.25, 0.3) is 0 Å². The molecule has 0 unspecified atom stereocenters. The van der Waals surface area contributed by atoms with E-state index in [0.717, 1.165) is 25.5 Å². The summed E-state index contributed by atoms with van der Waals surface area (Å²) in [6.07, 6.45) is 1.11. The number of nitrogens with zero attached hydrogens (tertiary/aromatic N) is 2. The van der Waals surface area contributed by atoms with Crippen LogP contribution in [0.1, 0.15) is 25.8 Å². The zero-order chi connectivity index (χ0) is 16.2. The van der Waals surface area contributed by atoms with E-state index < -0.39 is 6.61 Å². The summed E-state index contributed by atoms with van der Waals surface area (Å²) in [7, 11) is 1.73. The third-order valence-electron chi connectivity index (χ3n) is 3.81. The molecule has 0 radical (unpaired) electrons. The van der Waals surface area contributed by atoms with E-state index in [-0.39, 0.29) is 11.2 Å². The van der Waals surface area contributed by atoms with E-state index in [9.17, 15) is 8.78 Å². The van der Waals surface area contributed by atoms with Crippen LogP contribution >= 0.6 is 0 Å². The Morgan fingerprint density at radius 2 is 2.14 bits per heavy atom. The SMILES string of the molecule is CN=C(NCc1ccccc1OC(F)F)N1CCC(C)(C)C1. The van der Waals surface area contributed by atoms with Gasteiger partial charge in [0, 0.05) is 32.2 Å². The minimum atomic E-state index is -2.82. The maximum atomic E-state index is 12.4. The van der Waals surface area contributed by atoms with Crippen molar-refractivity contribution in [3.8, 4) is 5.75 Å². The number of para-hydroxylation sites is 1. The predicted octanol–water partition coefficient (Wildman–Crippen LogP) is 3.10. The molecular formula is C16H23F2N3O. The van der Waals surface area contributed by atoms with Crippen molar-refractivity contribution >= 4 is 5.96 Å². The molecule has 0 aromatic heterocycles. The van der Waals surface area contributed by atoms with Crippen molar-refractivity contribution in [2.24, 2.45) is 10.4 Å². The number of hydrogen-bond acceptors (Lipinski definition) is 2. The molecule has 1 fully saturated rings. The zero-order valence-corrected chi connectivity index (χ0v) is 13.3. The summed E-state index contributed by atoms with van der Waals surface area (Å²) in [4.78, 5) is 6.47. The molecule has 1 heterocycles. The van der Waals surface area contributed by atoms with Gasteiger partial charge in [-0.2, -0.15) is 8.78 Å². The first-order valence-corrected chi connectivity index (χ1v) is 7.39. The highest BCUT2D eigenvalue weighted by atomic mass is 19.3. The van der Waals surface area contributed by atoms with Crippen LogP contribution in [0, 0.1) is 5.41 Å². The number of likely N-dealkylation sites (tertiary alicyclic amines) is 1. The first-order valence-electron chi connectivity index (χ1n) is 7.39. The quantitative estimate of drug-likeness (QED) is 0.686. The molecule has 0 amide bonds. The molecule has 0 spiro atoms.